The first-order chi connectivity index (χ1) is 5.50. The average molecular weight is 195 g/mol. The SMILES string of the molecule is [C-]1=CC=CC1.[Cr].c1ccccc1. The molecule has 1 heteroatoms. The normalized spacial score (nSPS) is 11.3. The molecule has 0 radical (unpaired) electrons. The molecular weight excluding hydrogens is 184 g/mol. The molecule has 0 amide bonds. The summed E-state index contributed by atoms with van der Waals surface area (Å²) >= 11 is 0. The van der Waals surface area contributed by atoms with Crippen LogP contribution in [0.1, 0.15) is 6.42 Å². The fraction of sp³-hybridized carbons (Fsp3) is 0.0909. The molecule has 0 N–H and O–H groups in total. The summed E-state index contributed by atoms with van der Waals surface area (Å²) in [4.78, 5) is 0. The van der Waals surface area contributed by atoms with Crippen LogP contribution in [0.5, 0.6) is 0 Å². The minimum Gasteiger partial charge on any atom is -0.273 e. The van der Waals surface area contributed by atoms with Gasteiger partial charge in [-0.1, -0.05) is 36.4 Å². The van der Waals surface area contributed by atoms with Crippen LogP contribution in [-0.4, -0.2) is 0 Å². The number of hydrogen-bond donors (Lipinski definition) is 0. The number of rotatable bonds is 0. The van der Waals surface area contributed by atoms with E-state index in [2.05, 4.69) is 12.2 Å². The molecule has 0 saturated heterocycles. The van der Waals surface area contributed by atoms with Crippen LogP contribution < -0.4 is 0 Å². The Bertz CT molecular complexity index is 187. The van der Waals surface area contributed by atoms with Crippen LogP contribution in [0.15, 0.2) is 54.6 Å². The van der Waals surface area contributed by atoms with Gasteiger partial charge in [-0.3, -0.25) is 6.08 Å². The number of benzene rings is 1. The van der Waals surface area contributed by atoms with E-state index in [0.29, 0.717) is 0 Å². The molecule has 0 aromatic heterocycles. The van der Waals surface area contributed by atoms with E-state index in [9.17, 15) is 0 Å². The van der Waals surface area contributed by atoms with E-state index >= 15 is 0 Å². The van der Waals surface area contributed by atoms with Crippen LogP contribution in [0.25, 0.3) is 0 Å². The topological polar surface area (TPSA) is 0 Å². The Morgan fingerprint density at radius 2 is 1.33 bits per heavy atom. The van der Waals surface area contributed by atoms with Gasteiger partial charge >= 0.3 is 0 Å². The Labute approximate surface area is 84.8 Å². The van der Waals surface area contributed by atoms with Crippen molar-refractivity contribution in [3.8, 4) is 0 Å². The maximum absolute atomic E-state index is 2.99. The van der Waals surface area contributed by atoms with E-state index in [-0.39, 0.29) is 17.4 Å². The van der Waals surface area contributed by atoms with Crippen molar-refractivity contribution < 1.29 is 17.4 Å². The summed E-state index contributed by atoms with van der Waals surface area (Å²) < 4.78 is 0. The van der Waals surface area contributed by atoms with Crippen LogP contribution in [0.4, 0.5) is 0 Å². The van der Waals surface area contributed by atoms with E-state index < -0.39 is 0 Å². The van der Waals surface area contributed by atoms with Crippen molar-refractivity contribution in [1.82, 2.24) is 0 Å². The second kappa shape index (κ2) is 8.33. The molecule has 0 nitrogen and oxygen atoms in total. The molecule has 1 aliphatic carbocycles. The van der Waals surface area contributed by atoms with Gasteiger partial charge in [-0.2, -0.15) is 6.08 Å². The van der Waals surface area contributed by atoms with Crippen molar-refractivity contribution in [2.75, 3.05) is 0 Å². The van der Waals surface area contributed by atoms with Gasteiger partial charge in [-0.15, -0.1) is 6.42 Å². The van der Waals surface area contributed by atoms with Crippen molar-refractivity contribution in [2.24, 2.45) is 0 Å². The molecule has 0 fully saturated rings. The standard InChI is InChI=1S/C6H6.C5H5.Cr/c1-2-4-6-5-3-1;1-2-4-5-3-1;/h1-6H;1-3H,4H2;/q;-1;. The van der Waals surface area contributed by atoms with Gasteiger partial charge in [-0.25, -0.2) is 12.2 Å². The van der Waals surface area contributed by atoms with Gasteiger partial charge in [0.25, 0.3) is 0 Å². The molecule has 0 bridgehead atoms. The van der Waals surface area contributed by atoms with Gasteiger partial charge in [0.15, 0.2) is 0 Å². The molecule has 2 rings (SSSR count). The smallest absolute Gasteiger partial charge is 0 e. The molecule has 0 saturated carbocycles. The maximum Gasteiger partial charge on any atom is 0 e. The van der Waals surface area contributed by atoms with Crippen molar-refractivity contribution in [1.29, 1.82) is 0 Å². The van der Waals surface area contributed by atoms with Crippen LogP contribution in [0.2, 0.25) is 0 Å². The maximum atomic E-state index is 2.99. The van der Waals surface area contributed by atoms with Crippen molar-refractivity contribution in [3.05, 3.63) is 60.7 Å². The van der Waals surface area contributed by atoms with Crippen molar-refractivity contribution in [3.63, 3.8) is 0 Å². The average Bonchev–Trinajstić information content (AvgIpc) is 2.64. The van der Waals surface area contributed by atoms with Crippen LogP contribution in [0.3, 0.4) is 0 Å². The van der Waals surface area contributed by atoms with Gasteiger partial charge in [0, 0.05) is 17.4 Å². The Morgan fingerprint density at radius 1 is 0.833 bits per heavy atom. The molecule has 1 aromatic carbocycles. The second-order valence-electron chi connectivity index (χ2n) is 2.16. The van der Waals surface area contributed by atoms with E-state index in [4.69, 9.17) is 0 Å². The second-order valence-corrected chi connectivity index (χ2v) is 2.16. The third kappa shape index (κ3) is 5.98. The van der Waals surface area contributed by atoms with Gasteiger partial charge in [0.2, 0.25) is 0 Å². The summed E-state index contributed by atoms with van der Waals surface area (Å²) in [5.41, 5.74) is 0. The first kappa shape index (κ1) is 11.2. The third-order valence-corrected chi connectivity index (χ3v) is 1.25. The third-order valence-electron chi connectivity index (χ3n) is 1.25. The molecule has 0 heterocycles. The fourth-order valence-corrected chi connectivity index (χ4v) is 0.725. The molecule has 1 aromatic rings. The van der Waals surface area contributed by atoms with Crippen LogP contribution >= 0.6 is 0 Å². The molecule has 1 aliphatic rings. The molecule has 0 unspecified atom stereocenters. The first-order valence-corrected chi connectivity index (χ1v) is 3.72. The van der Waals surface area contributed by atoms with Gasteiger partial charge in [0.05, 0.1) is 0 Å². The zero-order valence-corrected chi connectivity index (χ0v) is 8.09. The van der Waals surface area contributed by atoms with Gasteiger partial charge in [-0.05, 0) is 0 Å². The van der Waals surface area contributed by atoms with E-state index in [1.165, 1.54) is 0 Å². The summed E-state index contributed by atoms with van der Waals surface area (Å²) in [7, 11) is 0. The molecule has 0 aliphatic heterocycles. The molecule has 62 valence electrons. The molecule has 12 heavy (non-hydrogen) atoms. The van der Waals surface area contributed by atoms with Crippen LogP contribution in [0, 0.1) is 6.08 Å². The van der Waals surface area contributed by atoms with Crippen molar-refractivity contribution >= 4 is 0 Å². The Balaban J connectivity index is 0.000000189. The monoisotopic (exact) mass is 195 g/mol. The summed E-state index contributed by atoms with van der Waals surface area (Å²) in [5.74, 6) is 0. The Morgan fingerprint density at radius 3 is 1.50 bits per heavy atom. The fourth-order valence-electron chi connectivity index (χ4n) is 0.725. The quantitative estimate of drug-likeness (QED) is 0.558. The van der Waals surface area contributed by atoms with Gasteiger partial charge < -0.3 is 0 Å². The Kier molecular flexibility index (Phi) is 7.80. The molecular formula is C11H11Cr-. The molecule has 0 spiro atoms. The minimum absolute atomic E-state index is 0. The zero-order chi connectivity index (χ0) is 7.78. The zero-order valence-electron chi connectivity index (χ0n) is 6.81. The van der Waals surface area contributed by atoms with E-state index in [1.807, 2.05) is 48.6 Å². The predicted molar refractivity (Wildman–Crippen MR) is 48.0 cm³/mol. The number of allylic oxidation sites excluding steroid dienone is 4. The predicted octanol–water partition coefficient (Wildman–Crippen LogP) is 2.99. The summed E-state index contributed by atoms with van der Waals surface area (Å²) in [6, 6.07) is 12.0. The number of hydrogen-bond acceptors (Lipinski definition) is 0. The largest absolute Gasteiger partial charge is 0.273 e. The van der Waals surface area contributed by atoms with Gasteiger partial charge in [0.1, 0.15) is 0 Å². The van der Waals surface area contributed by atoms with Crippen LogP contribution in [-0.2, 0) is 17.4 Å². The summed E-state index contributed by atoms with van der Waals surface area (Å²) in [6.45, 7) is 0. The summed E-state index contributed by atoms with van der Waals surface area (Å²) in [6.07, 6.45) is 10.0. The Hall–Kier alpha value is -0.768. The van der Waals surface area contributed by atoms with E-state index in [0.717, 1.165) is 6.42 Å². The van der Waals surface area contributed by atoms with Crippen molar-refractivity contribution in [2.45, 2.75) is 6.42 Å². The summed E-state index contributed by atoms with van der Waals surface area (Å²) in [5, 5.41) is 0. The first-order valence-electron chi connectivity index (χ1n) is 3.72. The van der Waals surface area contributed by atoms with E-state index in [1.54, 1.807) is 0 Å². The minimum atomic E-state index is 0. The molecule has 0 atom stereocenters.